The number of pyridine rings is 1. The van der Waals surface area contributed by atoms with Gasteiger partial charge in [0, 0.05) is 28.4 Å². The Kier molecular flexibility index (Phi) is 6.33. The van der Waals surface area contributed by atoms with E-state index in [2.05, 4.69) is 37.5 Å². The van der Waals surface area contributed by atoms with Gasteiger partial charge in [0.15, 0.2) is 17.3 Å². The zero-order valence-electron chi connectivity index (χ0n) is 14.0. The second-order valence-corrected chi connectivity index (χ2v) is 6.02. The van der Waals surface area contributed by atoms with Gasteiger partial charge in [-0.2, -0.15) is 10.4 Å². The fraction of sp³-hybridized carbons (Fsp3) is 0.235. The van der Waals surface area contributed by atoms with Crippen LogP contribution in [0.5, 0.6) is 11.5 Å². The molecule has 1 aromatic carbocycles. The minimum Gasteiger partial charge on any atom is -0.504 e. The Morgan fingerprint density at radius 2 is 2.16 bits per heavy atom. The highest BCUT2D eigenvalue weighted by molar-refractivity contribution is 9.10. The van der Waals surface area contributed by atoms with Gasteiger partial charge in [0.2, 0.25) is 0 Å². The summed E-state index contributed by atoms with van der Waals surface area (Å²) in [5, 5.41) is 23.6. The lowest BCUT2D eigenvalue weighted by atomic mass is 10.1. The minimum absolute atomic E-state index is 0.0333. The van der Waals surface area contributed by atoms with Gasteiger partial charge in [0.25, 0.3) is 0 Å². The minimum atomic E-state index is -0.0333. The van der Waals surface area contributed by atoms with Gasteiger partial charge in [-0.25, -0.2) is 4.98 Å². The number of hydrogen-bond acceptors (Lipinski definition) is 7. The number of ether oxygens (including phenoxy) is 2. The van der Waals surface area contributed by atoms with E-state index < -0.39 is 0 Å². The van der Waals surface area contributed by atoms with E-state index in [1.807, 2.05) is 6.92 Å². The molecule has 2 rings (SSSR count). The fourth-order valence-electron chi connectivity index (χ4n) is 2.23. The Labute approximate surface area is 154 Å². The number of phenolic OH excluding ortho intramolecular Hbond substituents is 1. The number of hydrogen-bond donors (Lipinski definition) is 2. The second kappa shape index (κ2) is 8.46. The highest BCUT2D eigenvalue weighted by atomic mass is 79.9. The van der Waals surface area contributed by atoms with Gasteiger partial charge in [-0.15, -0.1) is 0 Å². The lowest BCUT2D eigenvalue weighted by Crippen LogP contribution is -2.03. The van der Waals surface area contributed by atoms with Crippen LogP contribution >= 0.6 is 15.9 Å². The molecule has 0 spiro atoms. The van der Waals surface area contributed by atoms with Crippen molar-refractivity contribution in [2.45, 2.75) is 13.5 Å². The van der Waals surface area contributed by atoms with E-state index in [9.17, 15) is 10.4 Å². The number of nitrogens with one attached hydrogen (secondary N) is 1. The first kappa shape index (κ1) is 18.7. The molecular formula is C17H17BrN4O3. The molecule has 8 heteroatoms. The van der Waals surface area contributed by atoms with Crippen molar-refractivity contribution < 1.29 is 14.6 Å². The van der Waals surface area contributed by atoms with Crippen molar-refractivity contribution in [1.82, 2.24) is 4.98 Å². The normalized spacial score (nSPS) is 10.7. The first-order valence-electron chi connectivity index (χ1n) is 7.25. The molecule has 0 atom stereocenters. The van der Waals surface area contributed by atoms with E-state index in [0.29, 0.717) is 29.3 Å². The summed E-state index contributed by atoms with van der Waals surface area (Å²) in [7, 11) is 3.03. The second-order valence-electron chi connectivity index (χ2n) is 5.11. The average molecular weight is 405 g/mol. The first-order chi connectivity index (χ1) is 12.0. The summed E-state index contributed by atoms with van der Waals surface area (Å²) < 4.78 is 10.9. The maximum atomic E-state index is 10.1. The molecule has 0 aliphatic heterocycles. The molecule has 0 fully saturated rings. The molecule has 7 nitrogen and oxygen atoms in total. The molecule has 0 saturated carbocycles. The Hall–Kier alpha value is -2.63. The first-order valence-corrected chi connectivity index (χ1v) is 8.04. The van der Waals surface area contributed by atoms with Gasteiger partial charge in [0.05, 0.1) is 19.9 Å². The molecule has 0 radical (unpaired) electrons. The van der Waals surface area contributed by atoms with E-state index in [1.54, 1.807) is 25.3 Å². The van der Waals surface area contributed by atoms with Crippen LogP contribution in [0.3, 0.4) is 0 Å². The topological polar surface area (TPSA) is 99.8 Å². The van der Waals surface area contributed by atoms with Gasteiger partial charge < -0.3 is 14.6 Å². The maximum Gasteiger partial charge on any atom is 0.166 e. The van der Waals surface area contributed by atoms with Crippen LogP contribution in [0.4, 0.5) is 5.82 Å². The van der Waals surface area contributed by atoms with Crippen molar-refractivity contribution in [3.05, 3.63) is 45.1 Å². The number of nitrogens with zero attached hydrogens (tertiary/aromatic N) is 3. The molecule has 0 unspecified atom stereocenters. The van der Waals surface area contributed by atoms with E-state index in [-0.39, 0.29) is 5.75 Å². The number of anilines is 1. The Morgan fingerprint density at radius 3 is 2.80 bits per heavy atom. The number of halogens is 1. The van der Waals surface area contributed by atoms with Crippen molar-refractivity contribution in [2.75, 3.05) is 19.6 Å². The van der Waals surface area contributed by atoms with Gasteiger partial charge in [0.1, 0.15) is 11.6 Å². The average Bonchev–Trinajstić information content (AvgIpc) is 2.57. The molecule has 25 heavy (non-hydrogen) atoms. The molecule has 0 aliphatic rings. The Balaban J connectivity index is 2.32. The van der Waals surface area contributed by atoms with Crippen molar-refractivity contribution in [3.63, 3.8) is 0 Å². The fourth-order valence-corrected chi connectivity index (χ4v) is 2.68. The third-order valence-electron chi connectivity index (χ3n) is 3.30. The number of phenols is 1. The van der Waals surface area contributed by atoms with Crippen molar-refractivity contribution in [3.8, 4) is 17.6 Å². The number of benzene rings is 1. The largest absolute Gasteiger partial charge is 0.504 e. The van der Waals surface area contributed by atoms with E-state index >= 15 is 0 Å². The van der Waals surface area contributed by atoms with Crippen LogP contribution < -0.4 is 10.2 Å². The van der Waals surface area contributed by atoms with Crippen LogP contribution in [0.1, 0.15) is 22.4 Å². The molecule has 0 saturated heterocycles. The summed E-state index contributed by atoms with van der Waals surface area (Å²) in [5.74, 6) is 0.617. The third-order valence-corrected chi connectivity index (χ3v) is 3.76. The molecule has 0 aliphatic carbocycles. The number of methoxy groups -OCH3 is 2. The predicted molar refractivity (Wildman–Crippen MR) is 98.0 cm³/mol. The van der Waals surface area contributed by atoms with Crippen LogP contribution in [-0.4, -0.2) is 30.5 Å². The standard InChI is InChI=1S/C17H17BrN4O3/c1-10-4-12(9-24-2)14(7-19)17(21-10)22-20-8-11-5-13(18)6-15(25-3)16(11)23/h4-6,8,23H,9H2,1-3H3,(H,21,22)/b20-8-. The van der Waals surface area contributed by atoms with E-state index in [1.165, 1.54) is 13.3 Å². The summed E-state index contributed by atoms with van der Waals surface area (Å²) in [6, 6.07) is 7.24. The smallest absolute Gasteiger partial charge is 0.166 e. The summed E-state index contributed by atoms with van der Waals surface area (Å²) >= 11 is 3.34. The summed E-state index contributed by atoms with van der Waals surface area (Å²) in [6.07, 6.45) is 1.42. The van der Waals surface area contributed by atoms with Gasteiger partial charge >= 0.3 is 0 Å². The van der Waals surface area contributed by atoms with Gasteiger partial charge in [-0.1, -0.05) is 15.9 Å². The van der Waals surface area contributed by atoms with Crippen molar-refractivity contribution in [1.29, 1.82) is 5.26 Å². The summed E-state index contributed by atoms with van der Waals surface area (Å²) in [6.45, 7) is 2.12. The van der Waals surface area contributed by atoms with E-state index in [0.717, 1.165) is 15.7 Å². The molecule has 1 heterocycles. The van der Waals surface area contributed by atoms with Crippen LogP contribution in [0.25, 0.3) is 0 Å². The Morgan fingerprint density at radius 1 is 1.40 bits per heavy atom. The third kappa shape index (κ3) is 4.47. The van der Waals surface area contributed by atoms with Crippen molar-refractivity contribution >= 4 is 28.0 Å². The SMILES string of the molecule is COCc1cc(C)nc(N/N=C\c2cc(Br)cc(OC)c2O)c1C#N. The number of aromatic nitrogens is 1. The lowest BCUT2D eigenvalue weighted by molar-refractivity contribution is 0.184. The molecule has 130 valence electrons. The zero-order valence-corrected chi connectivity index (χ0v) is 15.6. The highest BCUT2D eigenvalue weighted by Crippen LogP contribution is 2.32. The van der Waals surface area contributed by atoms with Gasteiger partial charge in [-0.3, -0.25) is 5.43 Å². The summed E-state index contributed by atoms with van der Waals surface area (Å²) in [4.78, 5) is 4.29. The number of aromatic hydroxyl groups is 1. The zero-order chi connectivity index (χ0) is 18.4. The van der Waals surface area contributed by atoms with Gasteiger partial charge in [-0.05, 0) is 25.1 Å². The summed E-state index contributed by atoms with van der Waals surface area (Å²) in [5.41, 5.74) is 5.01. The number of aryl methyl sites for hydroxylation is 1. The quantitative estimate of drug-likeness (QED) is 0.565. The number of rotatable bonds is 6. The molecular weight excluding hydrogens is 388 g/mol. The predicted octanol–water partition coefficient (Wildman–Crippen LogP) is 3.33. The van der Waals surface area contributed by atoms with E-state index in [4.69, 9.17) is 9.47 Å². The van der Waals surface area contributed by atoms with Crippen LogP contribution in [0.2, 0.25) is 0 Å². The molecule has 2 N–H and O–H groups in total. The van der Waals surface area contributed by atoms with Crippen molar-refractivity contribution in [2.24, 2.45) is 5.10 Å². The Bertz CT molecular complexity index is 847. The van der Waals surface area contributed by atoms with Crippen LogP contribution in [0.15, 0.2) is 27.8 Å². The number of nitriles is 1. The molecule has 2 aromatic rings. The lowest BCUT2D eigenvalue weighted by Gasteiger charge is -2.09. The monoisotopic (exact) mass is 404 g/mol. The highest BCUT2D eigenvalue weighted by Gasteiger charge is 2.11. The van der Waals surface area contributed by atoms with Crippen LogP contribution in [-0.2, 0) is 11.3 Å². The maximum absolute atomic E-state index is 10.1. The molecule has 0 amide bonds. The molecule has 0 bridgehead atoms. The molecule has 1 aromatic heterocycles. The van der Waals surface area contributed by atoms with Crippen LogP contribution in [0, 0.1) is 18.3 Å². The number of hydrazone groups is 1.